The Kier molecular flexibility index (Phi) is 8.80. The molecule has 0 bridgehead atoms. The molecule has 0 radical (unpaired) electrons. The lowest BCUT2D eigenvalue weighted by Gasteiger charge is -2.32. The third-order valence-electron chi connectivity index (χ3n) is 5.12. The Bertz CT molecular complexity index is 1150. The van der Waals surface area contributed by atoms with Crippen LogP contribution in [0.15, 0.2) is 29.1 Å². The molecule has 4 rings (SSSR count). The van der Waals surface area contributed by atoms with Crippen molar-refractivity contribution in [3.63, 3.8) is 0 Å². The van der Waals surface area contributed by atoms with Crippen LogP contribution in [0.4, 0.5) is 4.39 Å². The Morgan fingerprint density at radius 1 is 1.15 bits per heavy atom. The van der Waals surface area contributed by atoms with Gasteiger partial charge >= 0.3 is 0 Å². The molecular weight excluding hydrogens is 447 g/mol. The second-order valence-corrected chi connectivity index (χ2v) is 7.84. The lowest BCUT2D eigenvalue weighted by Crippen LogP contribution is -2.41. The van der Waals surface area contributed by atoms with Crippen LogP contribution < -0.4 is 5.56 Å². The van der Waals surface area contributed by atoms with Crippen LogP contribution >= 0.6 is 11.6 Å². The maximum atomic E-state index is 13.2. The zero-order valence-electron chi connectivity index (χ0n) is 20.2. The number of ether oxygens (including phenoxy) is 1. The number of aromatic nitrogens is 4. The zero-order valence-corrected chi connectivity index (χ0v) is 21.0. The van der Waals surface area contributed by atoms with E-state index in [0.717, 1.165) is 5.56 Å². The van der Waals surface area contributed by atoms with Crippen LogP contribution in [0.1, 0.15) is 58.6 Å². The van der Waals surface area contributed by atoms with Crippen molar-refractivity contribution in [2.45, 2.75) is 60.1 Å². The molecule has 0 aliphatic carbocycles. The van der Waals surface area contributed by atoms with Gasteiger partial charge in [0.05, 0.1) is 18.8 Å². The first-order valence-electron chi connectivity index (χ1n) is 11.1. The number of fused-ring (bicyclic) bond motifs is 1. The van der Waals surface area contributed by atoms with Gasteiger partial charge in [-0.25, -0.2) is 14.4 Å². The van der Waals surface area contributed by atoms with E-state index < -0.39 is 16.9 Å². The maximum Gasteiger partial charge on any atom is 0.296 e. The highest BCUT2D eigenvalue weighted by atomic mass is 35.5. The van der Waals surface area contributed by atoms with Gasteiger partial charge in [-0.05, 0) is 31.5 Å². The molecule has 0 atom stereocenters. The van der Waals surface area contributed by atoms with Gasteiger partial charge in [-0.2, -0.15) is 0 Å². The third-order valence-corrected chi connectivity index (χ3v) is 5.43. The molecule has 7 nitrogen and oxygen atoms in total. The number of hydrogen-bond donors (Lipinski definition) is 1. The summed E-state index contributed by atoms with van der Waals surface area (Å²) >= 11 is 6.35. The highest BCUT2D eigenvalue weighted by molar-refractivity contribution is 6.30. The van der Waals surface area contributed by atoms with E-state index in [-0.39, 0.29) is 22.5 Å². The number of rotatable bonds is 3. The van der Waals surface area contributed by atoms with Crippen molar-refractivity contribution >= 4 is 11.6 Å². The van der Waals surface area contributed by atoms with Crippen molar-refractivity contribution < 1.29 is 14.2 Å². The average molecular weight is 479 g/mol. The Balaban J connectivity index is 0.000000914. The number of hydrogen-bond acceptors (Lipinski definition) is 5. The van der Waals surface area contributed by atoms with Gasteiger partial charge in [0.2, 0.25) is 5.75 Å². The number of aromatic hydroxyl groups is 1. The summed E-state index contributed by atoms with van der Waals surface area (Å²) < 4.78 is 22.0. The van der Waals surface area contributed by atoms with E-state index in [4.69, 9.17) is 16.3 Å². The Hall–Kier alpha value is -2.71. The normalized spacial score (nSPS) is 13.8. The summed E-state index contributed by atoms with van der Waals surface area (Å²) in [5.41, 5.74) is 0.226. The van der Waals surface area contributed by atoms with Gasteiger partial charge in [0.1, 0.15) is 17.2 Å². The molecule has 180 valence electrons. The Morgan fingerprint density at radius 2 is 1.76 bits per heavy atom. The van der Waals surface area contributed by atoms with Gasteiger partial charge in [-0.3, -0.25) is 9.36 Å². The van der Waals surface area contributed by atoms with Crippen LogP contribution in [0.25, 0.3) is 11.5 Å². The molecule has 0 unspecified atom stereocenters. The number of imidazole rings is 1. The molecule has 9 heteroatoms. The van der Waals surface area contributed by atoms with Crippen molar-refractivity contribution in [3.05, 3.63) is 62.7 Å². The van der Waals surface area contributed by atoms with Crippen molar-refractivity contribution in [1.82, 2.24) is 19.1 Å². The standard InChI is InChI=1S/C20H20ClFN4O3.2C2H6/c1-20(2)19-23-14(15(27)18(28)26(19)8-9-29-20)17-24-16(21)13(25(17)3)10-11-4-6-12(22)7-5-11;2*1-2/h4-7,27H,8-10H2,1-3H3;2*1-2H3. The van der Waals surface area contributed by atoms with Crippen LogP contribution in [0.5, 0.6) is 5.75 Å². The van der Waals surface area contributed by atoms with E-state index in [9.17, 15) is 14.3 Å². The molecule has 3 aromatic rings. The first-order valence-corrected chi connectivity index (χ1v) is 11.5. The molecule has 0 spiro atoms. The van der Waals surface area contributed by atoms with Crippen LogP contribution in [0.2, 0.25) is 5.15 Å². The van der Waals surface area contributed by atoms with E-state index >= 15 is 0 Å². The minimum atomic E-state index is -0.786. The van der Waals surface area contributed by atoms with Crippen molar-refractivity contribution in [2.75, 3.05) is 6.61 Å². The first-order chi connectivity index (χ1) is 15.7. The molecule has 0 amide bonds. The van der Waals surface area contributed by atoms with Crippen LogP contribution in [-0.2, 0) is 30.4 Å². The fourth-order valence-corrected chi connectivity index (χ4v) is 3.80. The molecule has 0 fully saturated rings. The van der Waals surface area contributed by atoms with Crippen LogP contribution in [0, 0.1) is 5.82 Å². The van der Waals surface area contributed by atoms with E-state index in [1.807, 2.05) is 41.5 Å². The predicted molar refractivity (Wildman–Crippen MR) is 128 cm³/mol. The summed E-state index contributed by atoms with van der Waals surface area (Å²) in [5.74, 6) is -0.115. The molecule has 0 saturated heterocycles. The molecule has 1 aliphatic heterocycles. The van der Waals surface area contributed by atoms with E-state index in [1.165, 1.54) is 16.7 Å². The fourth-order valence-electron chi connectivity index (χ4n) is 3.52. The van der Waals surface area contributed by atoms with E-state index in [2.05, 4.69) is 9.97 Å². The number of halogens is 2. The largest absolute Gasteiger partial charge is 0.501 e. The molecule has 2 aromatic heterocycles. The van der Waals surface area contributed by atoms with Crippen molar-refractivity contribution in [3.8, 4) is 17.3 Å². The second-order valence-electron chi connectivity index (χ2n) is 7.48. The van der Waals surface area contributed by atoms with E-state index in [0.29, 0.717) is 31.1 Å². The van der Waals surface area contributed by atoms with Crippen LogP contribution in [0.3, 0.4) is 0 Å². The van der Waals surface area contributed by atoms with Gasteiger partial charge in [-0.15, -0.1) is 0 Å². The summed E-state index contributed by atoms with van der Waals surface area (Å²) in [6, 6.07) is 6.08. The molecular formula is C24H32ClFN4O3. The molecule has 1 aromatic carbocycles. The summed E-state index contributed by atoms with van der Waals surface area (Å²) in [7, 11) is 1.73. The van der Waals surface area contributed by atoms with Crippen molar-refractivity contribution in [2.24, 2.45) is 7.05 Å². The van der Waals surface area contributed by atoms with Gasteiger partial charge in [0.25, 0.3) is 5.56 Å². The second kappa shape index (κ2) is 10.9. The minimum Gasteiger partial charge on any atom is -0.501 e. The minimum absolute atomic E-state index is 0.0505. The highest BCUT2D eigenvalue weighted by Gasteiger charge is 2.34. The highest BCUT2D eigenvalue weighted by Crippen LogP contribution is 2.33. The molecule has 3 heterocycles. The van der Waals surface area contributed by atoms with Gasteiger partial charge in [0, 0.05) is 13.5 Å². The first kappa shape index (κ1) is 26.5. The lowest BCUT2D eigenvalue weighted by atomic mass is 10.1. The number of nitrogens with zero attached hydrogens (tertiary/aromatic N) is 4. The summed E-state index contributed by atoms with van der Waals surface area (Å²) in [4.78, 5) is 21.6. The predicted octanol–water partition coefficient (Wildman–Crippen LogP) is 5.05. The summed E-state index contributed by atoms with van der Waals surface area (Å²) in [6.07, 6.45) is 0.405. The zero-order chi connectivity index (χ0) is 24.9. The molecule has 1 aliphatic rings. The van der Waals surface area contributed by atoms with Gasteiger partial charge < -0.3 is 14.4 Å². The quantitative estimate of drug-likeness (QED) is 0.569. The molecule has 33 heavy (non-hydrogen) atoms. The van der Waals surface area contributed by atoms with Gasteiger partial charge in [0.15, 0.2) is 16.7 Å². The van der Waals surface area contributed by atoms with Crippen molar-refractivity contribution in [1.29, 1.82) is 0 Å². The lowest BCUT2D eigenvalue weighted by molar-refractivity contribution is -0.0564. The molecule has 0 saturated carbocycles. The molecule has 1 N–H and O–H groups in total. The monoisotopic (exact) mass is 478 g/mol. The third kappa shape index (κ3) is 5.28. The fraction of sp³-hybridized carbons (Fsp3) is 0.458. The SMILES string of the molecule is CC.CC.Cn1c(-c2nc3n(c(=O)c2O)CCOC3(C)C)nc(Cl)c1Cc1ccc(F)cc1. The van der Waals surface area contributed by atoms with Gasteiger partial charge in [-0.1, -0.05) is 51.4 Å². The Labute approximate surface area is 198 Å². The maximum absolute atomic E-state index is 13.2. The topological polar surface area (TPSA) is 82.2 Å². The smallest absolute Gasteiger partial charge is 0.296 e. The Morgan fingerprint density at radius 3 is 2.36 bits per heavy atom. The van der Waals surface area contributed by atoms with E-state index in [1.54, 1.807) is 23.7 Å². The average Bonchev–Trinajstić information content (AvgIpc) is 3.08. The number of benzene rings is 1. The summed E-state index contributed by atoms with van der Waals surface area (Å²) in [5, 5.41) is 10.8. The summed E-state index contributed by atoms with van der Waals surface area (Å²) in [6.45, 7) is 12.3. The van der Waals surface area contributed by atoms with Crippen LogP contribution in [-0.4, -0.2) is 30.8 Å².